The summed E-state index contributed by atoms with van der Waals surface area (Å²) in [6.07, 6.45) is 1.08. The van der Waals surface area contributed by atoms with E-state index >= 15 is 0 Å². The molecule has 2 rings (SSSR count). The number of methoxy groups -OCH3 is 1. The van der Waals surface area contributed by atoms with Gasteiger partial charge < -0.3 is 14.6 Å². The van der Waals surface area contributed by atoms with E-state index in [9.17, 15) is 9.18 Å². The van der Waals surface area contributed by atoms with Crippen LogP contribution in [0, 0.1) is 5.82 Å². The van der Waals surface area contributed by atoms with E-state index in [4.69, 9.17) is 14.6 Å². The van der Waals surface area contributed by atoms with Gasteiger partial charge in [0.15, 0.2) is 11.6 Å². The lowest BCUT2D eigenvalue weighted by molar-refractivity contribution is -0.165. The molecule has 1 aliphatic heterocycles. The van der Waals surface area contributed by atoms with Crippen LogP contribution in [-0.2, 0) is 15.1 Å². The maximum atomic E-state index is 13.6. The normalized spacial score (nSPS) is 22.3. The Bertz CT molecular complexity index is 454. The molecule has 1 aromatic rings. The van der Waals surface area contributed by atoms with Crippen molar-refractivity contribution in [3.8, 4) is 5.75 Å². The molecule has 1 aromatic carbocycles. The molecule has 1 atom stereocenters. The monoisotopic (exact) mass is 254 g/mol. The van der Waals surface area contributed by atoms with Gasteiger partial charge in [0, 0.05) is 12.8 Å². The van der Waals surface area contributed by atoms with Crippen molar-refractivity contribution in [2.24, 2.45) is 0 Å². The van der Waals surface area contributed by atoms with Gasteiger partial charge in [-0.25, -0.2) is 4.39 Å². The van der Waals surface area contributed by atoms with Crippen LogP contribution in [0.15, 0.2) is 18.2 Å². The van der Waals surface area contributed by atoms with Gasteiger partial charge in [0.2, 0.25) is 0 Å². The maximum absolute atomic E-state index is 13.6. The van der Waals surface area contributed by atoms with Gasteiger partial charge in [0.1, 0.15) is 0 Å². The SMILES string of the molecule is COc1ccc(C2(CCC(=O)O)CCO2)cc1F. The number of halogens is 1. The van der Waals surface area contributed by atoms with E-state index in [1.807, 2.05) is 0 Å². The van der Waals surface area contributed by atoms with Crippen molar-refractivity contribution >= 4 is 5.97 Å². The molecule has 4 nitrogen and oxygen atoms in total. The number of carbonyl (C=O) groups is 1. The van der Waals surface area contributed by atoms with Gasteiger partial charge >= 0.3 is 5.97 Å². The molecule has 5 heteroatoms. The molecule has 1 N–H and O–H groups in total. The van der Waals surface area contributed by atoms with Crippen LogP contribution in [-0.4, -0.2) is 24.8 Å². The Balaban J connectivity index is 2.22. The second-order valence-corrected chi connectivity index (χ2v) is 4.34. The Morgan fingerprint density at radius 2 is 2.33 bits per heavy atom. The zero-order chi connectivity index (χ0) is 13.2. The Labute approximate surface area is 104 Å². The molecule has 0 bridgehead atoms. The minimum absolute atomic E-state index is 0.00759. The van der Waals surface area contributed by atoms with Gasteiger partial charge in [-0.3, -0.25) is 4.79 Å². The van der Waals surface area contributed by atoms with Gasteiger partial charge in [-0.05, 0) is 24.1 Å². The number of carboxylic acid groups (broad SMARTS) is 1. The Kier molecular flexibility index (Phi) is 3.52. The minimum atomic E-state index is -0.876. The molecule has 0 radical (unpaired) electrons. The van der Waals surface area contributed by atoms with E-state index in [1.165, 1.54) is 19.2 Å². The van der Waals surface area contributed by atoms with Crippen LogP contribution >= 0.6 is 0 Å². The highest BCUT2D eigenvalue weighted by atomic mass is 19.1. The Hall–Kier alpha value is -1.62. The fourth-order valence-electron chi connectivity index (χ4n) is 2.18. The number of hydrogen-bond donors (Lipinski definition) is 1. The molecule has 18 heavy (non-hydrogen) atoms. The Morgan fingerprint density at radius 1 is 1.61 bits per heavy atom. The second-order valence-electron chi connectivity index (χ2n) is 4.34. The molecule has 0 aromatic heterocycles. The zero-order valence-electron chi connectivity index (χ0n) is 10.1. The molecule has 1 saturated heterocycles. The first-order valence-corrected chi connectivity index (χ1v) is 5.77. The van der Waals surface area contributed by atoms with E-state index in [2.05, 4.69) is 0 Å². The third-order valence-electron chi connectivity index (χ3n) is 3.30. The second kappa shape index (κ2) is 4.94. The summed E-state index contributed by atoms with van der Waals surface area (Å²) in [4.78, 5) is 10.6. The predicted octanol–water partition coefficient (Wildman–Crippen LogP) is 2.31. The zero-order valence-corrected chi connectivity index (χ0v) is 10.1. The van der Waals surface area contributed by atoms with Crippen LogP contribution in [0.1, 0.15) is 24.8 Å². The van der Waals surface area contributed by atoms with E-state index in [1.54, 1.807) is 6.07 Å². The highest BCUT2D eigenvalue weighted by Crippen LogP contribution is 2.42. The van der Waals surface area contributed by atoms with Crippen molar-refractivity contribution < 1.29 is 23.8 Å². The summed E-state index contributed by atoms with van der Waals surface area (Å²) in [5.74, 6) is -1.16. The summed E-state index contributed by atoms with van der Waals surface area (Å²) >= 11 is 0. The van der Waals surface area contributed by atoms with Crippen molar-refractivity contribution in [3.05, 3.63) is 29.6 Å². The molecule has 0 saturated carbocycles. The molecule has 1 fully saturated rings. The van der Waals surface area contributed by atoms with Crippen molar-refractivity contribution in [2.45, 2.75) is 24.9 Å². The van der Waals surface area contributed by atoms with Crippen LogP contribution in [0.5, 0.6) is 5.75 Å². The van der Waals surface area contributed by atoms with Crippen molar-refractivity contribution in [2.75, 3.05) is 13.7 Å². The van der Waals surface area contributed by atoms with Gasteiger partial charge in [0.05, 0.1) is 19.3 Å². The molecule has 0 amide bonds. The smallest absolute Gasteiger partial charge is 0.303 e. The molecule has 0 spiro atoms. The summed E-state index contributed by atoms with van der Waals surface area (Å²) in [5, 5.41) is 8.73. The van der Waals surface area contributed by atoms with Crippen LogP contribution in [0.2, 0.25) is 0 Å². The standard InChI is InChI=1S/C13H15FO4/c1-17-11-3-2-9(8-10(11)14)13(6-7-18-13)5-4-12(15)16/h2-3,8H,4-7H2,1H3,(H,15,16). The summed E-state index contributed by atoms with van der Waals surface area (Å²) in [6, 6.07) is 4.62. The van der Waals surface area contributed by atoms with E-state index in [0.29, 0.717) is 25.0 Å². The number of rotatable bonds is 5. The number of hydrogen-bond acceptors (Lipinski definition) is 3. The third-order valence-corrected chi connectivity index (χ3v) is 3.30. The average molecular weight is 254 g/mol. The first-order chi connectivity index (χ1) is 8.57. The van der Waals surface area contributed by atoms with Crippen molar-refractivity contribution in [3.63, 3.8) is 0 Å². The van der Waals surface area contributed by atoms with Crippen LogP contribution in [0.25, 0.3) is 0 Å². The van der Waals surface area contributed by atoms with Gasteiger partial charge in [0.25, 0.3) is 0 Å². The number of ether oxygens (including phenoxy) is 2. The molecule has 1 aliphatic rings. The van der Waals surface area contributed by atoms with Crippen molar-refractivity contribution in [1.82, 2.24) is 0 Å². The van der Waals surface area contributed by atoms with E-state index < -0.39 is 17.4 Å². The largest absolute Gasteiger partial charge is 0.494 e. The van der Waals surface area contributed by atoms with Gasteiger partial charge in [-0.15, -0.1) is 0 Å². The maximum Gasteiger partial charge on any atom is 0.303 e. The number of benzene rings is 1. The minimum Gasteiger partial charge on any atom is -0.494 e. The first kappa shape index (κ1) is 12.8. The fraction of sp³-hybridized carbons (Fsp3) is 0.462. The third kappa shape index (κ3) is 2.31. The lowest BCUT2D eigenvalue weighted by Gasteiger charge is -2.42. The molecular formula is C13H15FO4. The first-order valence-electron chi connectivity index (χ1n) is 5.77. The molecule has 98 valence electrons. The lowest BCUT2D eigenvalue weighted by Crippen LogP contribution is -2.41. The van der Waals surface area contributed by atoms with E-state index in [-0.39, 0.29) is 12.2 Å². The molecule has 1 heterocycles. The average Bonchev–Trinajstić information content (AvgIpc) is 2.27. The summed E-state index contributed by atoms with van der Waals surface area (Å²) in [7, 11) is 1.40. The summed E-state index contributed by atoms with van der Waals surface area (Å²) in [5.41, 5.74) is 0.0270. The van der Waals surface area contributed by atoms with E-state index in [0.717, 1.165) is 0 Å². The van der Waals surface area contributed by atoms with Gasteiger partial charge in [-0.2, -0.15) is 0 Å². The molecule has 0 aliphatic carbocycles. The predicted molar refractivity (Wildman–Crippen MR) is 62.1 cm³/mol. The summed E-state index contributed by atoms with van der Waals surface area (Å²) < 4.78 is 24.0. The highest BCUT2D eigenvalue weighted by Gasteiger charge is 2.40. The lowest BCUT2D eigenvalue weighted by atomic mass is 9.82. The topological polar surface area (TPSA) is 55.8 Å². The van der Waals surface area contributed by atoms with Crippen LogP contribution in [0.3, 0.4) is 0 Å². The summed E-state index contributed by atoms with van der Waals surface area (Å²) in [6.45, 7) is 0.577. The van der Waals surface area contributed by atoms with Gasteiger partial charge in [-0.1, -0.05) is 6.07 Å². The van der Waals surface area contributed by atoms with Crippen LogP contribution in [0.4, 0.5) is 4.39 Å². The number of carboxylic acids is 1. The van der Waals surface area contributed by atoms with Crippen LogP contribution < -0.4 is 4.74 Å². The number of aliphatic carboxylic acids is 1. The molecule has 1 unspecified atom stereocenters. The molecular weight excluding hydrogens is 239 g/mol. The fourth-order valence-corrected chi connectivity index (χ4v) is 2.18. The van der Waals surface area contributed by atoms with Crippen molar-refractivity contribution in [1.29, 1.82) is 0 Å². The Morgan fingerprint density at radius 3 is 2.78 bits per heavy atom. The quantitative estimate of drug-likeness (QED) is 0.876. The highest BCUT2D eigenvalue weighted by molar-refractivity contribution is 5.66.